The zero-order valence-corrected chi connectivity index (χ0v) is 37.8. The van der Waals surface area contributed by atoms with Gasteiger partial charge in [-0.1, -0.05) is 19.3 Å². The number of nitro groups is 2. The van der Waals surface area contributed by atoms with E-state index < -0.39 is 69.0 Å². The highest BCUT2D eigenvalue weighted by atomic mass is 32.2. The van der Waals surface area contributed by atoms with Gasteiger partial charge >= 0.3 is 18.2 Å². The minimum atomic E-state index is -1.28. The molecule has 22 nitrogen and oxygen atoms in total. The van der Waals surface area contributed by atoms with Gasteiger partial charge in [0, 0.05) is 43.4 Å². The van der Waals surface area contributed by atoms with E-state index in [-0.39, 0.29) is 77.5 Å². The number of unbranched alkanes of at least 4 members (excludes halogenated alkanes) is 5. The fourth-order valence-corrected chi connectivity index (χ4v) is 9.84. The molecular weight excluding hydrogens is 889 g/mol. The first-order valence-electron chi connectivity index (χ1n) is 22.0. The number of benzene rings is 2. The zero-order chi connectivity index (χ0) is 47.5. The molecule has 4 heterocycles. The number of urea groups is 1. The maximum atomic E-state index is 14.2. The quantitative estimate of drug-likeness (QED) is 0.0484. The Bertz CT molecular complexity index is 2190. The van der Waals surface area contributed by atoms with Crippen LogP contribution in [-0.2, 0) is 23.9 Å². The Morgan fingerprint density at radius 2 is 1.15 bits per heavy atom. The van der Waals surface area contributed by atoms with Crippen molar-refractivity contribution in [2.45, 2.75) is 127 Å². The molecule has 4 aliphatic rings. The predicted molar refractivity (Wildman–Crippen MR) is 233 cm³/mol. The molecule has 2 saturated heterocycles. The van der Waals surface area contributed by atoms with Gasteiger partial charge in [-0.05, 0) is 71.4 Å². The summed E-state index contributed by atoms with van der Waals surface area (Å²) in [5.74, 6) is 0.883. The molecular formula is C43H54N6O16S. The molecule has 0 aromatic heterocycles. The largest absolute Gasteiger partial charge is 0.454 e. The summed E-state index contributed by atoms with van der Waals surface area (Å²) in [5.41, 5.74) is -0.870. The third kappa shape index (κ3) is 12.1. The summed E-state index contributed by atoms with van der Waals surface area (Å²) in [4.78, 5) is 102. The summed E-state index contributed by atoms with van der Waals surface area (Å²) in [6.45, 7) is 5.06. The molecule has 0 spiro atoms. The van der Waals surface area contributed by atoms with Crippen LogP contribution in [0.5, 0.6) is 23.0 Å². The Morgan fingerprint density at radius 1 is 0.697 bits per heavy atom. The number of nitro benzene ring substituents is 2. The third-order valence-corrected chi connectivity index (χ3v) is 13.1. The van der Waals surface area contributed by atoms with E-state index in [2.05, 4.69) is 10.6 Å². The van der Waals surface area contributed by atoms with E-state index in [4.69, 9.17) is 28.4 Å². The average Bonchev–Trinajstić information content (AvgIpc) is 4.08. The Labute approximate surface area is 383 Å². The molecule has 2 aromatic rings. The highest BCUT2D eigenvalue weighted by molar-refractivity contribution is 8.00. The second-order valence-corrected chi connectivity index (χ2v) is 17.6. The molecule has 2 N–H and O–H groups in total. The number of fused-ring (bicyclic) bond motifs is 3. The van der Waals surface area contributed by atoms with Crippen molar-refractivity contribution in [1.29, 1.82) is 0 Å². The first-order chi connectivity index (χ1) is 31.6. The number of ketones is 1. The van der Waals surface area contributed by atoms with E-state index in [9.17, 15) is 49.0 Å². The second-order valence-electron chi connectivity index (χ2n) is 16.3. The van der Waals surface area contributed by atoms with Crippen molar-refractivity contribution < 1.29 is 67.0 Å². The first kappa shape index (κ1) is 49.1. The molecule has 4 aliphatic heterocycles. The molecule has 5 atom stereocenters. The lowest BCUT2D eigenvalue weighted by Crippen LogP contribution is -2.45. The maximum absolute atomic E-state index is 14.2. The Morgan fingerprint density at radius 3 is 1.64 bits per heavy atom. The number of rotatable bonds is 23. The fraction of sp³-hybridized carbons (Fsp3) is 0.581. The van der Waals surface area contributed by atoms with Crippen LogP contribution in [0.4, 0.5) is 25.8 Å². The lowest BCUT2D eigenvalue weighted by Gasteiger charge is -2.26. The number of amides is 6. The SMILES string of the molecule is CC(=O)CCCCCNC(=O)CCCCCNC(=O)CCCCC1SCC2C1N(C(=O)OC(C)c1cc3c(cc1[N+](=O)[O-])OCO3)C(=O)N2C(=O)OC(C)c1cc2c(cc1[N+](=O)[O-])OCO2. The number of Topliss-reactive ketones (excluding diaryl/α,β-unsaturated/α-hetero) is 1. The minimum Gasteiger partial charge on any atom is -0.454 e. The van der Waals surface area contributed by atoms with Crippen molar-refractivity contribution in [3.05, 3.63) is 55.6 Å². The molecule has 358 valence electrons. The van der Waals surface area contributed by atoms with Gasteiger partial charge in [-0.25, -0.2) is 24.2 Å². The molecule has 6 rings (SSSR count). The number of nitrogens with zero attached hydrogens (tertiary/aromatic N) is 4. The molecule has 2 fully saturated rings. The topological polar surface area (TPSA) is 275 Å². The normalized spacial score (nSPS) is 18.7. The molecule has 6 amide bonds. The molecule has 0 saturated carbocycles. The van der Waals surface area contributed by atoms with Gasteiger partial charge in [-0.2, -0.15) is 11.8 Å². The number of carbonyl (C=O) groups excluding carboxylic acids is 6. The summed E-state index contributed by atoms with van der Waals surface area (Å²) in [6.07, 6.45) is 2.43. The van der Waals surface area contributed by atoms with E-state index in [1.807, 2.05) is 0 Å². The fourth-order valence-electron chi connectivity index (χ4n) is 8.22. The van der Waals surface area contributed by atoms with Crippen LogP contribution in [0.25, 0.3) is 0 Å². The van der Waals surface area contributed by atoms with Gasteiger partial charge in [0.2, 0.25) is 25.4 Å². The average molecular weight is 943 g/mol. The van der Waals surface area contributed by atoms with Crippen molar-refractivity contribution in [2.24, 2.45) is 0 Å². The van der Waals surface area contributed by atoms with Crippen LogP contribution in [0.2, 0.25) is 0 Å². The number of hydrogen-bond donors (Lipinski definition) is 2. The van der Waals surface area contributed by atoms with E-state index in [0.717, 1.165) is 47.6 Å². The Kier molecular flexibility index (Phi) is 16.9. The van der Waals surface area contributed by atoms with Crippen LogP contribution in [0.15, 0.2) is 24.3 Å². The van der Waals surface area contributed by atoms with E-state index in [0.29, 0.717) is 58.0 Å². The molecule has 5 unspecified atom stereocenters. The van der Waals surface area contributed by atoms with Gasteiger partial charge in [0.15, 0.2) is 23.0 Å². The van der Waals surface area contributed by atoms with Crippen molar-refractivity contribution >= 4 is 59.0 Å². The standard InChI is InChI=1S/C43H54N6O16S/c1-25(50)12-6-4-10-16-44-38(51)14-7-5-11-17-45-39(52)15-9-8-13-37-40-32(22-66-37)46(42(54)64-26(2)28-18-33-35(62-23-60-33)20-30(28)48(56)57)41(53)47(40)43(55)65-27(3)29-19-34-36(63-24-61-34)21-31(29)49(58)59/h18-21,26-27,32,37,40H,4-17,22-24H2,1-3H3,(H,44,51)(H,45,52). The van der Waals surface area contributed by atoms with Gasteiger partial charge in [0.05, 0.1) is 45.2 Å². The number of carbonyl (C=O) groups is 6. The van der Waals surface area contributed by atoms with E-state index >= 15 is 0 Å². The summed E-state index contributed by atoms with van der Waals surface area (Å²) in [7, 11) is 0. The van der Waals surface area contributed by atoms with Crippen LogP contribution in [0, 0.1) is 20.2 Å². The van der Waals surface area contributed by atoms with Crippen molar-refractivity contribution in [3.8, 4) is 23.0 Å². The Hall–Kier alpha value is -6.39. The van der Waals surface area contributed by atoms with Gasteiger partial charge < -0.3 is 43.8 Å². The van der Waals surface area contributed by atoms with Crippen LogP contribution in [0.3, 0.4) is 0 Å². The highest BCUT2D eigenvalue weighted by Crippen LogP contribution is 2.46. The minimum absolute atomic E-state index is 0.0189. The molecule has 2 aromatic carbocycles. The Balaban J connectivity index is 1.04. The van der Waals surface area contributed by atoms with Crippen molar-refractivity contribution in [2.75, 3.05) is 32.4 Å². The molecule has 0 radical (unpaired) electrons. The monoisotopic (exact) mass is 942 g/mol. The van der Waals surface area contributed by atoms with E-state index in [1.165, 1.54) is 37.7 Å². The van der Waals surface area contributed by atoms with Gasteiger partial charge in [-0.3, -0.25) is 29.8 Å². The smallest absolute Gasteiger partial charge is 0.418 e. The highest BCUT2D eigenvalue weighted by Gasteiger charge is 2.59. The van der Waals surface area contributed by atoms with E-state index in [1.54, 1.807) is 6.92 Å². The van der Waals surface area contributed by atoms with Crippen LogP contribution in [0.1, 0.15) is 121 Å². The summed E-state index contributed by atoms with van der Waals surface area (Å²) in [5, 5.41) is 29.4. The molecule has 66 heavy (non-hydrogen) atoms. The van der Waals surface area contributed by atoms with Crippen molar-refractivity contribution in [1.82, 2.24) is 20.4 Å². The summed E-state index contributed by atoms with van der Waals surface area (Å²) < 4.78 is 32.7. The lowest BCUT2D eigenvalue weighted by atomic mass is 10.0. The molecule has 0 aliphatic carbocycles. The second kappa shape index (κ2) is 22.7. The third-order valence-electron chi connectivity index (χ3n) is 11.6. The maximum Gasteiger partial charge on any atom is 0.418 e. The van der Waals surface area contributed by atoms with Crippen LogP contribution >= 0.6 is 11.8 Å². The molecule has 23 heteroatoms. The van der Waals surface area contributed by atoms with Crippen LogP contribution in [-0.4, -0.2) is 105 Å². The first-order valence-corrected chi connectivity index (χ1v) is 23.0. The summed E-state index contributed by atoms with van der Waals surface area (Å²) in [6, 6.07) is 2.06. The summed E-state index contributed by atoms with van der Waals surface area (Å²) >= 11 is 1.41. The molecule has 0 bridgehead atoms. The number of nitrogens with one attached hydrogen (secondary N) is 2. The van der Waals surface area contributed by atoms with Crippen molar-refractivity contribution in [3.63, 3.8) is 0 Å². The predicted octanol–water partition coefficient (Wildman–Crippen LogP) is 7.15. The number of ether oxygens (including phenoxy) is 6. The van der Waals surface area contributed by atoms with Crippen LogP contribution < -0.4 is 29.6 Å². The lowest BCUT2D eigenvalue weighted by molar-refractivity contribution is -0.386. The number of hydrogen-bond acceptors (Lipinski definition) is 17. The zero-order valence-electron chi connectivity index (χ0n) is 36.9. The van der Waals surface area contributed by atoms with Gasteiger partial charge in [0.1, 0.15) is 18.0 Å². The number of thioether (sulfide) groups is 1. The van der Waals surface area contributed by atoms with Gasteiger partial charge in [-0.15, -0.1) is 0 Å². The number of imide groups is 2. The van der Waals surface area contributed by atoms with Gasteiger partial charge in [0.25, 0.3) is 11.4 Å².